The predicted octanol–water partition coefficient (Wildman–Crippen LogP) is 7.51. The zero-order valence-corrected chi connectivity index (χ0v) is 25.8. The third kappa shape index (κ3) is 6.74. The number of hydrogen-bond acceptors (Lipinski definition) is 7. The van der Waals surface area contributed by atoms with Crippen LogP contribution >= 0.6 is 11.6 Å². The highest BCUT2D eigenvalue weighted by atomic mass is 35.5. The molecule has 0 aliphatic carbocycles. The molecule has 230 valence electrons. The van der Waals surface area contributed by atoms with Crippen molar-refractivity contribution in [2.75, 3.05) is 25.0 Å². The summed E-state index contributed by atoms with van der Waals surface area (Å²) in [6.07, 6.45) is -0.860. The fraction of sp³-hybridized carbons (Fsp3) is 0.139. The van der Waals surface area contributed by atoms with Crippen LogP contribution in [-0.2, 0) is 4.74 Å². The van der Waals surface area contributed by atoms with Gasteiger partial charge < -0.3 is 14.2 Å². The lowest BCUT2D eigenvalue weighted by Crippen LogP contribution is -2.36. The van der Waals surface area contributed by atoms with E-state index in [0.717, 1.165) is 27.1 Å². The number of likely N-dealkylation sites (N-methyl/N-ethyl adjacent to an activating group) is 1. The Balaban J connectivity index is 0.000000238. The molecule has 0 spiro atoms. The Morgan fingerprint density at radius 3 is 2.02 bits per heavy atom. The summed E-state index contributed by atoms with van der Waals surface area (Å²) in [7, 11) is 1.72. The maximum absolute atomic E-state index is 12.9. The minimum absolute atomic E-state index is 0.116. The number of anilines is 1. The molecule has 1 saturated heterocycles. The molecule has 0 N–H and O–H groups in total. The largest absolute Gasteiger partial charge is 0.442 e. The van der Waals surface area contributed by atoms with Crippen molar-refractivity contribution in [1.82, 2.24) is 15.0 Å². The van der Waals surface area contributed by atoms with Crippen LogP contribution in [0.15, 0.2) is 114 Å². The van der Waals surface area contributed by atoms with Gasteiger partial charge in [0.25, 0.3) is 11.1 Å². The highest BCUT2D eigenvalue weighted by Gasteiger charge is 2.34. The molecule has 1 unspecified atom stereocenters. The maximum atomic E-state index is 12.9. The maximum Gasteiger partial charge on any atom is 0.414 e. The normalized spacial score (nSPS) is 14.1. The van der Waals surface area contributed by atoms with Crippen LogP contribution in [0.2, 0.25) is 0 Å². The molecule has 9 nitrogen and oxygen atoms in total. The summed E-state index contributed by atoms with van der Waals surface area (Å²) in [5, 5.41) is 7.73. The van der Waals surface area contributed by atoms with E-state index in [-0.39, 0.29) is 5.91 Å². The number of ether oxygens (including phenoxy) is 1. The zero-order valence-electron chi connectivity index (χ0n) is 25.1. The fourth-order valence-electron chi connectivity index (χ4n) is 5.28. The number of rotatable bonds is 6. The van der Waals surface area contributed by atoms with E-state index in [1.165, 1.54) is 0 Å². The summed E-state index contributed by atoms with van der Waals surface area (Å²) in [4.78, 5) is 43.6. The second-order valence-electron chi connectivity index (χ2n) is 10.9. The average molecular weight is 633 g/mol. The number of halogens is 1. The van der Waals surface area contributed by atoms with Gasteiger partial charge in [-0.15, -0.1) is 0 Å². The summed E-state index contributed by atoms with van der Waals surface area (Å²) in [5.74, 6) is 0.868. The topological polar surface area (TPSA) is 106 Å². The highest BCUT2D eigenvalue weighted by Crippen LogP contribution is 2.26. The van der Waals surface area contributed by atoms with Gasteiger partial charge in [-0.2, -0.15) is 4.98 Å². The Hall–Kier alpha value is -5.54. The molecule has 10 heteroatoms. The third-order valence-corrected chi connectivity index (χ3v) is 7.85. The molecule has 7 rings (SSSR count). The summed E-state index contributed by atoms with van der Waals surface area (Å²) in [5.41, 5.74) is 2.64. The van der Waals surface area contributed by atoms with Gasteiger partial charge in [0.15, 0.2) is 0 Å². The molecule has 2 heterocycles. The molecule has 1 atom stereocenters. The minimum Gasteiger partial charge on any atom is -0.442 e. The molecule has 6 aromatic rings. The van der Waals surface area contributed by atoms with Crippen molar-refractivity contribution in [3.8, 4) is 11.4 Å². The van der Waals surface area contributed by atoms with E-state index < -0.39 is 17.4 Å². The van der Waals surface area contributed by atoms with Crippen molar-refractivity contribution < 1.29 is 23.6 Å². The van der Waals surface area contributed by atoms with Crippen LogP contribution in [0.1, 0.15) is 26.6 Å². The molecule has 1 aliphatic heterocycles. The van der Waals surface area contributed by atoms with E-state index in [2.05, 4.69) is 10.1 Å². The van der Waals surface area contributed by atoms with Gasteiger partial charge in [0.05, 0.1) is 13.1 Å². The molecule has 0 bridgehead atoms. The number of hydrogen-bond donors (Lipinski definition) is 0. The lowest BCUT2D eigenvalue weighted by Gasteiger charge is -2.20. The van der Waals surface area contributed by atoms with Gasteiger partial charge in [-0.3, -0.25) is 14.5 Å². The van der Waals surface area contributed by atoms with Gasteiger partial charge in [-0.25, -0.2) is 4.79 Å². The van der Waals surface area contributed by atoms with Crippen LogP contribution in [0, 0.1) is 6.92 Å². The minimum atomic E-state index is -0.435. The molecule has 1 fully saturated rings. The van der Waals surface area contributed by atoms with E-state index in [1.54, 1.807) is 35.9 Å². The summed E-state index contributed by atoms with van der Waals surface area (Å²) in [6.45, 7) is 2.38. The van der Waals surface area contributed by atoms with Gasteiger partial charge in [-0.05, 0) is 81.7 Å². The van der Waals surface area contributed by atoms with Gasteiger partial charge in [-0.1, -0.05) is 65.8 Å². The first-order chi connectivity index (χ1) is 22.2. The number of aromatic nitrogens is 2. The Morgan fingerprint density at radius 1 is 0.848 bits per heavy atom. The molecule has 46 heavy (non-hydrogen) atoms. The van der Waals surface area contributed by atoms with E-state index in [0.29, 0.717) is 41.6 Å². The van der Waals surface area contributed by atoms with Gasteiger partial charge in [0.1, 0.15) is 6.10 Å². The first kappa shape index (κ1) is 30.5. The number of fused-ring (bicyclic) bond motifs is 2. The van der Waals surface area contributed by atoms with Gasteiger partial charge >= 0.3 is 6.09 Å². The fourth-order valence-corrected chi connectivity index (χ4v) is 5.39. The molecule has 0 saturated carbocycles. The van der Waals surface area contributed by atoms with Crippen LogP contribution in [0.3, 0.4) is 0 Å². The zero-order chi connectivity index (χ0) is 32.2. The Kier molecular flexibility index (Phi) is 8.76. The van der Waals surface area contributed by atoms with E-state index in [1.807, 2.05) is 97.1 Å². The number of cyclic esters (lactones) is 1. The van der Waals surface area contributed by atoms with Crippen LogP contribution in [0.25, 0.3) is 32.9 Å². The molecule has 2 amide bonds. The highest BCUT2D eigenvalue weighted by molar-refractivity contribution is 6.67. The van der Waals surface area contributed by atoms with Crippen molar-refractivity contribution >= 4 is 56.1 Å². The number of nitrogens with zero attached hydrogens (tertiary/aromatic N) is 4. The number of aryl methyl sites for hydroxylation is 1. The average Bonchev–Trinajstić information content (AvgIpc) is 3.68. The number of benzene rings is 5. The number of carbonyl (C=O) groups is 3. The second-order valence-corrected chi connectivity index (χ2v) is 11.2. The summed E-state index contributed by atoms with van der Waals surface area (Å²) < 4.78 is 10.5. The Labute approximate surface area is 269 Å². The van der Waals surface area contributed by atoms with Crippen LogP contribution in [-0.4, -0.2) is 58.5 Å². The molecule has 1 aromatic heterocycles. The first-order valence-electron chi connectivity index (χ1n) is 14.6. The van der Waals surface area contributed by atoms with Crippen molar-refractivity contribution in [1.29, 1.82) is 0 Å². The SMILES string of the molecule is Cc1nc(-c2ccc(N3CC(CN(C)C(=O)c4ccc5ccccc5c4)OC3=O)cc2)no1.O=C(Cl)c1ccc2ccccc2c1. The quantitative estimate of drug-likeness (QED) is 0.175. The smallest absolute Gasteiger partial charge is 0.414 e. The van der Waals surface area contributed by atoms with Crippen molar-refractivity contribution in [2.45, 2.75) is 13.0 Å². The Morgan fingerprint density at radius 2 is 1.43 bits per heavy atom. The van der Waals surface area contributed by atoms with Crippen molar-refractivity contribution in [3.05, 3.63) is 126 Å². The van der Waals surface area contributed by atoms with Gasteiger partial charge in [0, 0.05) is 36.3 Å². The molecular formula is C36H29ClN4O5. The molecular weight excluding hydrogens is 604 g/mol. The number of carbonyl (C=O) groups excluding carboxylic acids is 3. The lowest BCUT2D eigenvalue weighted by molar-refractivity contribution is 0.0695. The predicted molar refractivity (Wildman–Crippen MR) is 177 cm³/mol. The third-order valence-electron chi connectivity index (χ3n) is 7.64. The summed E-state index contributed by atoms with van der Waals surface area (Å²) >= 11 is 5.36. The van der Waals surface area contributed by atoms with Gasteiger partial charge in [0.2, 0.25) is 11.7 Å². The van der Waals surface area contributed by atoms with Crippen LogP contribution in [0.4, 0.5) is 10.5 Å². The standard InChI is InChI=1S/C25H22N4O4.C11H7ClO/c1-16-26-23(27-33-16)18-9-11-21(12-10-18)29-15-22(32-25(29)31)14-28(2)24(30)20-8-7-17-5-3-4-6-19(17)13-20;12-11(13)10-6-5-8-3-1-2-4-9(8)7-10/h3-13,22H,14-15H2,1-2H3;1-7H. The lowest BCUT2D eigenvalue weighted by atomic mass is 10.1. The van der Waals surface area contributed by atoms with Crippen molar-refractivity contribution in [2.24, 2.45) is 0 Å². The monoisotopic (exact) mass is 632 g/mol. The molecule has 0 radical (unpaired) electrons. The van der Waals surface area contributed by atoms with E-state index >= 15 is 0 Å². The van der Waals surface area contributed by atoms with E-state index in [9.17, 15) is 14.4 Å². The van der Waals surface area contributed by atoms with Crippen LogP contribution < -0.4 is 4.90 Å². The van der Waals surface area contributed by atoms with Crippen LogP contribution in [0.5, 0.6) is 0 Å². The Bertz CT molecular complexity index is 2060. The summed E-state index contributed by atoms with van der Waals surface area (Å²) in [6, 6.07) is 34.1. The second kappa shape index (κ2) is 13.2. The van der Waals surface area contributed by atoms with E-state index in [4.69, 9.17) is 20.9 Å². The molecule has 5 aromatic carbocycles. The molecule has 1 aliphatic rings. The van der Waals surface area contributed by atoms with Crippen molar-refractivity contribution in [3.63, 3.8) is 0 Å². The first-order valence-corrected chi connectivity index (χ1v) is 14.9. The number of amides is 2.